The fourth-order valence-corrected chi connectivity index (χ4v) is 2.04. The van der Waals surface area contributed by atoms with Gasteiger partial charge < -0.3 is 9.84 Å². The van der Waals surface area contributed by atoms with Crippen molar-refractivity contribution in [3.05, 3.63) is 29.7 Å². The second kappa shape index (κ2) is 3.81. The van der Waals surface area contributed by atoms with Crippen LogP contribution in [-0.2, 0) is 4.74 Å². The minimum atomic E-state index is -0.964. The molecule has 2 aromatic rings. The van der Waals surface area contributed by atoms with Gasteiger partial charge in [0.2, 0.25) is 0 Å². The normalized spacial score (nSPS) is 19.9. The largest absolute Gasteiger partial charge is 0.478 e. The number of carboxylic acids is 1. The number of hydrogen-bond donors (Lipinski definition) is 1. The van der Waals surface area contributed by atoms with Crippen molar-refractivity contribution in [3.63, 3.8) is 0 Å². The van der Waals surface area contributed by atoms with Gasteiger partial charge in [0.1, 0.15) is 6.10 Å². The summed E-state index contributed by atoms with van der Waals surface area (Å²) in [6.45, 7) is 0.743. The smallest absolute Gasteiger partial charge is 0.335 e. The Morgan fingerprint density at radius 3 is 3.12 bits per heavy atom. The Morgan fingerprint density at radius 2 is 2.41 bits per heavy atom. The Bertz CT molecular complexity index is 572. The fourth-order valence-electron chi connectivity index (χ4n) is 2.04. The summed E-state index contributed by atoms with van der Waals surface area (Å²) in [5.74, 6) is -0.219. The first-order valence-electron chi connectivity index (χ1n) is 5.45. The molecule has 6 heteroatoms. The van der Waals surface area contributed by atoms with Crippen LogP contribution in [0.3, 0.4) is 0 Å². The minimum absolute atomic E-state index is 0.0271. The SMILES string of the molecule is O=C(O)c1ccn2c(C3CCCO3)nnc2c1. The molecule has 0 amide bonds. The molecule has 0 bridgehead atoms. The lowest BCUT2D eigenvalue weighted by atomic mass is 10.2. The summed E-state index contributed by atoms with van der Waals surface area (Å²) in [7, 11) is 0. The summed E-state index contributed by atoms with van der Waals surface area (Å²) in [4.78, 5) is 10.8. The van der Waals surface area contributed by atoms with Gasteiger partial charge in [-0.15, -0.1) is 10.2 Å². The van der Waals surface area contributed by atoms with Crippen LogP contribution in [0.5, 0.6) is 0 Å². The molecule has 1 atom stereocenters. The zero-order chi connectivity index (χ0) is 11.8. The number of carboxylic acid groups (broad SMARTS) is 1. The van der Waals surface area contributed by atoms with E-state index in [1.165, 1.54) is 12.1 Å². The molecule has 3 heterocycles. The van der Waals surface area contributed by atoms with E-state index in [0.717, 1.165) is 25.3 Å². The van der Waals surface area contributed by atoms with Crippen molar-refractivity contribution in [3.8, 4) is 0 Å². The van der Waals surface area contributed by atoms with E-state index in [-0.39, 0.29) is 11.7 Å². The number of hydrogen-bond acceptors (Lipinski definition) is 4. The maximum Gasteiger partial charge on any atom is 0.335 e. The van der Waals surface area contributed by atoms with Gasteiger partial charge >= 0.3 is 5.97 Å². The Labute approximate surface area is 96.8 Å². The quantitative estimate of drug-likeness (QED) is 0.845. The first-order valence-corrected chi connectivity index (χ1v) is 5.45. The topological polar surface area (TPSA) is 76.7 Å². The molecule has 88 valence electrons. The molecule has 2 aromatic heterocycles. The van der Waals surface area contributed by atoms with Gasteiger partial charge in [-0.2, -0.15) is 0 Å². The first kappa shape index (κ1) is 10.2. The van der Waals surface area contributed by atoms with Gasteiger partial charge in [-0.3, -0.25) is 4.40 Å². The van der Waals surface area contributed by atoms with Crippen LogP contribution in [-0.4, -0.2) is 32.3 Å². The summed E-state index contributed by atoms with van der Waals surface area (Å²) in [5.41, 5.74) is 0.749. The van der Waals surface area contributed by atoms with Crippen LogP contribution in [0, 0.1) is 0 Å². The number of pyridine rings is 1. The molecule has 1 aliphatic heterocycles. The number of nitrogens with zero attached hydrogens (tertiary/aromatic N) is 3. The molecule has 1 N–H and O–H groups in total. The van der Waals surface area contributed by atoms with E-state index in [4.69, 9.17) is 9.84 Å². The maximum atomic E-state index is 10.8. The molecule has 6 nitrogen and oxygen atoms in total. The van der Waals surface area contributed by atoms with E-state index in [1.807, 2.05) is 0 Å². The van der Waals surface area contributed by atoms with Crippen LogP contribution in [0.2, 0.25) is 0 Å². The third kappa shape index (κ3) is 1.66. The van der Waals surface area contributed by atoms with E-state index < -0.39 is 5.97 Å². The van der Waals surface area contributed by atoms with Crippen LogP contribution >= 0.6 is 0 Å². The van der Waals surface area contributed by atoms with Gasteiger partial charge in [0.25, 0.3) is 0 Å². The molecule has 1 saturated heterocycles. The van der Waals surface area contributed by atoms with Crippen LogP contribution in [0.1, 0.15) is 35.1 Å². The zero-order valence-corrected chi connectivity index (χ0v) is 9.04. The van der Waals surface area contributed by atoms with E-state index in [1.54, 1.807) is 10.6 Å². The molecule has 1 unspecified atom stereocenters. The number of aromatic carboxylic acids is 1. The number of carbonyl (C=O) groups is 1. The van der Waals surface area contributed by atoms with Gasteiger partial charge in [0.05, 0.1) is 5.56 Å². The number of ether oxygens (including phenoxy) is 1. The average Bonchev–Trinajstić information content (AvgIpc) is 2.96. The third-order valence-electron chi connectivity index (χ3n) is 2.90. The van der Waals surface area contributed by atoms with E-state index >= 15 is 0 Å². The van der Waals surface area contributed by atoms with Gasteiger partial charge in [-0.25, -0.2) is 4.79 Å². The highest BCUT2D eigenvalue weighted by molar-refractivity contribution is 5.88. The monoisotopic (exact) mass is 233 g/mol. The van der Waals surface area contributed by atoms with Crippen molar-refractivity contribution in [2.24, 2.45) is 0 Å². The molecular weight excluding hydrogens is 222 g/mol. The summed E-state index contributed by atoms with van der Waals surface area (Å²) < 4.78 is 7.32. The van der Waals surface area contributed by atoms with E-state index in [0.29, 0.717) is 5.65 Å². The highest BCUT2D eigenvalue weighted by atomic mass is 16.5. The highest BCUT2D eigenvalue weighted by Gasteiger charge is 2.23. The molecular formula is C11H11N3O3. The molecule has 0 aliphatic carbocycles. The minimum Gasteiger partial charge on any atom is -0.478 e. The van der Waals surface area contributed by atoms with Gasteiger partial charge in [-0.1, -0.05) is 0 Å². The molecule has 1 aliphatic rings. The summed E-state index contributed by atoms with van der Waals surface area (Å²) in [6, 6.07) is 3.05. The molecule has 0 saturated carbocycles. The summed E-state index contributed by atoms with van der Waals surface area (Å²) in [5, 5.41) is 16.9. The molecule has 0 spiro atoms. The van der Waals surface area contributed by atoms with Crippen LogP contribution in [0.15, 0.2) is 18.3 Å². The van der Waals surface area contributed by atoms with Gasteiger partial charge in [-0.05, 0) is 25.0 Å². The molecule has 0 radical (unpaired) electrons. The Kier molecular flexibility index (Phi) is 2.29. The zero-order valence-electron chi connectivity index (χ0n) is 9.04. The molecule has 3 rings (SSSR count). The van der Waals surface area contributed by atoms with Crippen molar-refractivity contribution in [2.45, 2.75) is 18.9 Å². The van der Waals surface area contributed by atoms with Crippen LogP contribution in [0.25, 0.3) is 5.65 Å². The van der Waals surface area contributed by atoms with Crippen LogP contribution < -0.4 is 0 Å². The van der Waals surface area contributed by atoms with Crippen molar-refractivity contribution in [1.29, 1.82) is 0 Å². The predicted octanol–water partition coefficient (Wildman–Crippen LogP) is 1.28. The van der Waals surface area contributed by atoms with E-state index in [2.05, 4.69) is 10.2 Å². The molecule has 1 fully saturated rings. The first-order chi connectivity index (χ1) is 8.25. The summed E-state index contributed by atoms with van der Waals surface area (Å²) in [6.07, 6.45) is 3.60. The van der Waals surface area contributed by atoms with Crippen LogP contribution in [0.4, 0.5) is 0 Å². The standard InChI is InChI=1S/C11H11N3O3/c15-11(16)7-3-4-14-9(6-7)12-13-10(14)8-2-1-5-17-8/h3-4,6,8H,1-2,5H2,(H,15,16). The number of aromatic nitrogens is 3. The maximum absolute atomic E-state index is 10.8. The van der Waals surface area contributed by atoms with Crippen molar-refractivity contribution in [2.75, 3.05) is 6.61 Å². The second-order valence-electron chi connectivity index (χ2n) is 4.01. The van der Waals surface area contributed by atoms with Gasteiger partial charge in [0, 0.05) is 12.8 Å². The van der Waals surface area contributed by atoms with Crippen molar-refractivity contribution < 1.29 is 14.6 Å². The predicted molar refractivity (Wildman–Crippen MR) is 57.9 cm³/mol. The third-order valence-corrected chi connectivity index (χ3v) is 2.90. The number of fused-ring (bicyclic) bond motifs is 1. The van der Waals surface area contributed by atoms with Crippen molar-refractivity contribution in [1.82, 2.24) is 14.6 Å². The lowest BCUT2D eigenvalue weighted by Gasteiger charge is -2.06. The average molecular weight is 233 g/mol. The molecule has 17 heavy (non-hydrogen) atoms. The van der Waals surface area contributed by atoms with E-state index in [9.17, 15) is 4.79 Å². The Balaban J connectivity index is 2.07. The molecule has 0 aromatic carbocycles. The summed E-state index contributed by atoms with van der Waals surface area (Å²) >= 11 is 0. The highest BCUT2D eigenvalue weighted by Crippen LogP contribution is 2.27. The van der Waals surface area contributed by atoms with Gasteiger partial charge in [0.15, 0.2) is 11.5 Å². The lowest BCUT2D eigenvalue weighted by molar-refractivity contribution is 0.0697. The Hall–Kier alpha value is -1.95. The second-order valence-corrected chi connectivity index (χ2v) is 4.01. The number of rotatable bonds is 2. The fraction of sp³-hybridized carbons (Fsp3) is 0.364. The Morgan fingerprint density at radius 1 is 1.53 bits per heavy atom. The van der Waals surface area contributed by atoms with Crippen molar-refractivity contribution >= 4 is 11.6 Å². The lowest BCUT2D eigenvalue weighted by Crippen LogP contribution is -2.03.